The third-order valence-electron chi connectivity index (χ3n) is 2.31. The van der Waals surface area contributed by atoms with Crippen molar-refractivity contribution in [2.24, 2.45) is 0 Å². The van der Waals surface area contributed by atoms with Crippen molar-refractivity contribution in [1.82, 2.24) is 0 Å². The van der Waals surface area contributed by atoms with E-state index in [4.69, 9.17) is 14.2 Å². The summed E-state index contributed by atoms with van der Waals surface area (Å²) in [6, 6.07) is 0. The van der Waals surface area contributed by atoms with Crippen LogP contribution in [0.2, 0.25) is 0 Å². The Kier molecular flexibility index (Phi) is 3.30. The molecule has 0 saturated heterocycles. The molecule has 0 saturated carbocycles. The zero-order chi connectivity index (χ0) is 10.6. The molecule has 0 aromatic rings. The molecule has 78 valence electrons. The summed E-state index contributed by atoms with van der Waals surface area (Å²) in [5.41, 5.74) is -0.989. The third-order valence-corrected chi connectivity index (χ3v) is 2.31. The highest BCUT2D eigenvalue weighted by atomic mass is 16.5. The number of methoxy groups -OCH3 is 3. The lowest BCUT2D eigenvalue weighted by atomic mass is 9.93. The number of rotatable bonds is 4. The van der Waals surface area contributed by atoms with Crippen molar-refractivity contribution in [2.45, 2.75) is 12.0 Å². The van der Waals surface area contributed by atoms with Gasteiger partial charge >= 0.3 is 0 Å². The SMILES string of the molecule is COC1=CCC(C=O)(OC)C(OC)=C1. The third kappa shape index (κ3) is 1.65. The highest BCUT2D eigenvalue weighted by Gasteiger charge is 2.37. The predicted octanol–water partition coefficient (Wildman–Crippen LogP) is 1.03. The van der Waals surface area contributed by atoms with Crippen LogP contribution in [-0.2, 0) is 19.0 Å². The van der Waals surface area contributed by atoms with Crippen LogP contribution in [0.3, 0.4) is 0 Å². The smallest absolute Gasteiger partial charge is 0.183 e. The van der Waals surface area contributed by atoms with Crippen LogP contribution in [0, 0.1) is 0 Å². The maximum absolute atomic E-state index is 11.0. The molecule has 14 heavy (non-hydrogen) atoms. The molecule has 1 rings (SSSR count). The lowest BCUT2D eigenvalue weighted by Gasteiger charge is -2.29. The van der Waals surface area contributed by atoms with E-state index < -0.39 is 5.60 Å². The second-order valence-electron chi connectivity index (χ2n) is 2.94. The van der Waals surface area contributed by atoms with Gasteiger partial charge < -0.3 is 14.2 Å². The van der Waals surface area contributed by atoms with Gasteiger partial charge in [-0.1, -0.05) is 0 Å². The Morgan fingerprint density at radius 1 is 1.36 bits per heavy atom. The summed E-state index contributed by atoms with van der Waals surface area (Å²) < 4.78 is 15.3. The Balaban J connectivity index is 3.01. The number of allylic oxidation sites excluding steroid dienone is 1. The Morgan fingerprint density at radius 2 is 2.07 bits per heavy atom. The molecular weight excluding hydrogens is 184 g/mol. The van der Waals surface area contributed by atoms with E-state index in [1.807, 2.05) is 0 Å². The van der Waals surface area contributed by atoms with Crippen molar-refractivity contribution >= 4 is 6.29 Å². The molecular formula is C10H14O4. The topological polar surface area (TPSA) is 44.8 Å². The number of hydrogen-bond acceptors (Lipinski definition) is 4. The first-order valence-electron chi connectivity index (χ1n) is 4.24. The van der Waals surface area contributed by atoms with Crippen molar-refractivity contribution in [3.8, 4) is 0 Å². The lowest BCUT2D eigenvalue weighted by molar-refractivity contribution is -0.127. The Bertz CT molecular complexity index is 280. The fraction of sp³-hybridized carbons (Fsp3) is 0.500. The van der Waals surface area contributed by atoms with E-state index in [2.05, 4.69) is 0 Å². The molecule has 0 amide bonds. The van der Waals surface area contributed by atoms with Crippen LogP contribution in [0.4, 0.5) is 0 Å². The van der Waals surface area contributed by atoms with Gasteiger partial charge in [-0.3, -0.25) is 4.79 Å². The predicted molar refractivity (Wildman–Crippen MR) is 50.6 cm³/mol. The van der Waals surface area contributed by atoms with Gasteiger partial charge in [0.25, 0.3) is 0 Å². The maximum Gasteiger partial charge on any atom is 0.183 e. The van der Waals surface area contributed by atoms with Crippen LogP contribution in [0.15, 0.2) is 23.7 Å². The molecule has 0 spiro atoms. The molecule has 1 atom stereocenters. The normalized spacial score (nSPS) is 26.2. The van der Waals surface area contributed by atoms with Gasteiger partial charge in [0.15, 0.2) is 11.9 Å². The molecule has 0 aromatic heterocycles. The Morgan fingerprint density at radius 3 is 2.50 bits per heavy atom. The molecule has 0 heterocycles. The zero-order valence-corrected chi connectivity index (χ0v) is 8.57. The highest BCUT2D eigenvalue weighted by Crippen LogP contribution is 2.30. The van der Waals surface area contributed by atoms with Gasteiger partial charge in [-0.15, -0.1) is 0 Å². The van der Waals surface area contributed by atoms with Gasteiger partial charge in [-0.2, -0.15) is 0 Å². The average molecular weight is 198 g/mol. The molecule has 0 aromatic carbocycles. The van der Waals surface area contributed by atoms with Gasteiger partial charge in [0, 0.05) is 19.6 Å². The summed E-state index contributed by atoms with van der Waals surface area (Å²) in [5.74, 6) is 1.14. The maximum atomic E-state index is 11.0. The van der Waals surface area contributed by atoms with E-state index in [0.29, 0.717) is 17.9 Å². The first-order chi connectivity index (χ1) is 6.72. The van der Waals surface area contributed by atoms with E-state index in [1.165, 1.54) is 14.2 Å². The minimum Gasteiger partial charge on any atom is -0.497 e. The molecule has 0 radical (unpaired) electrons. The quantitative estimate of drug-likeness (QED) is 0.633. The van der Waals surface area contributed by atoms with Crippen molar-refractivity contribution in [3.63, 3.8) is 0 Å². The molecule has 1 aliphatic carbocycles. The fourth-order valence-electron chi connectivity index (χ4n) is 1.38. The van der Waals surface area contributed by atoms with Crippen LogP contribution < -0.4 is 0 Å². The van der Waals surface area contributed by atoms with Crippen molar-refractivity contribution in [2.75, 3.05) is 21.3 Å². The minimum absolute atomic E-state index is 0.426. The zero-order valence-electron chi connectivity index (χ0n) is 8.57. The number of ether oxygens (including phenoxy) is 3. The van der Waals surface area contributed by atoms with Crippen LogP contribution >= 0.6 is 0 Å². The second kappa shape index (κ2) is 4.28. The molecule has 4 nitrogen and oxygen atoms in total. The molecule has 0 N–H and O–H groups in total. The highest BCUT2D eigenvalue weighted by molar-refractivity contribution is 5.69. The summed E-state index contributed by atoms with van der Waals surface area (Å²) in [6.07, 6.45) is 4.61. The van der Waals surface area contributed by atoms with Gasteiger partial charge in [-0.05, 0) is 6.08 Å². The standard InChI is InChI=1S/C10H14O4/c1-12-8-4-5-10(7-11,14-3)9(6-8)13-2/h4,6-7H,5H2,1-3H3. The molecule has 0 aliphatic heterocycles. The summed E-state index contributed by atoms with van der Waals surface area (Å²) >= 11 is 0. The van der Waals surface area contributed by atoms with Crippen molar-refractivity contribution < 1.29 is 19.0 Å². The number of aldehydes is 1. The fourth-order valence-corrected chi connectivity index (χ4v) is 1.38. The van der Waals surface area contributed by atoms with Gasteiger partial charge in [-0.25, -0.2) is 0 Å². The van der Waals surface area contributed by atoms with Gasteiger partial charge in [0.1, 0.15) is 11.5 Å². The van der Waals surface area contributed by atoms with Gasteiger partial charge in [0.2, 0.25) is 0 Å². The van der Waals surface area contributed by atoms with E-state index in [-0.39, 0.29) is 0 Å². The second-order valence-corrected chi connectivity index (χ2v) is 2.94. The van der Waals surface area contributed by atoms with E-state index in [1.54, 1.807) is 19.3 Å². The molecule has 4 heteroatoms. The Hall–Kier alpha value is -1.29. The molecule has 0 fully saturated rings. The van der Waals surface area contributed by atoms with E-state index >= 15 is 0 Å². The largest absolute Gasteiger partial charge is 0.497 e. The lowest BCUT2D eigenvalue weighted by Crippen LogP contribution is -2.37. The van der Waals surface area contributed by atoms with Crippen LogP contribution in [-0.4, -0.2) is 33.2 Å². The molecule has 1 unspecified atom stereocenters. The number of hydrogen-bond donors (Lipinski definition) is 0. The first kappa shape index (κ1) is 10.8. The van der Waals surface area contributed by atoms with Crippen molar-refractivity contribution in [3.05, 3.63) is 23.7 Å². The minimum atomic E-state index is -0.989. The Labute approximate surface area is 83.1 Å². The van der Waals surface area contributed by atoms with Crippen LogP contribution in [0.25, 0.3) is 0 Å². The number of carbonyl (C=O) groups is 1. The van der Waals surface area contributed by atoms with Crippen LogP contribution in [0.5, 0.6) is 0 Å². The van der Waals surface area contributed by atoms with Crippen molar-refractivity contribution in [1.29, 1.82) is 0 Å². The number of carbonyl (C=O) groups excluding carboxylic acids is 1. The van der Waals surface area contributed by atoms with E-state index in [0.717, 1.165) is 6.29 Å². The van der Waals surface area contributed by atoms with Crippen LogP contribution in [0.1, 0.15) is 6.42 Å². The summed E-state index contributed by atoms with van der Waals surface area (Å²) in [6.45, 7) is 0. The van der Waals surface area contributed by atoms with Gasteiger partial charge in [0.05, 0.1) is 14.2 Å². The average Bonchev–Trinajstić information content (AvgIpc) is 2.28. The van der Waals surface area contributed by atoms with E-state index in [9.17, 15) is 4.79 Å². The monoisotopic (exact) mass is 198 g/mol. The molecule has 1 aliphatic rings. The first-order valence-corrected chi connectivity index (χ1v) is 4.24. The summed E-state index contributed by atoms with van der Waals surface area (Å²) in [5, 5.41) is 0. The summed E-state index contributed by atoms with van der Waals surface area (Å²) in [7, 11) is 4.55. The molecule has 0 bridgehead atoms. The summed E-state index contributed by atoms with van der Waals surface area (Å²) in [4.78, 5) is 11.0.